The predicted octanol–water partition coefficient (Wildman–Crippen LogP) is -1.22. The second-order valence-electron chi connectivity index (χ2n) is 4.79. The van der Waals surface area contributed by atoms with E-state index in [0.717, 1.165) is 6.42 Å². The Hall–Kier alpha value is -0.747. The van der Waals surface area contributed by atoms with Gasteiger partial charge in [0.25, 0.3) is 0 Å². The van der Waals surface area contributed by atoms with E-state index in [2.05, 4.69) is 43.3 Å². The largest absolute Gasteiger partial charge is 4.00 e. The molecule has 4 rings (SSSR count). The van der Waals surface area contributed by atoms with Crippen molar-refractivity contribution in [2.45, 2.75) is 13.3 Å². The van der Waals surface area contributed by atoms with Crippen LogP contribution in [0.2, 0.25) is 0 Å². The Labute approximate surface area is 164 Å². The Morgan fingerprint density at radius 2 is 1.59 bits per heavy atom. The van der Waals surface area contributed by atoms with Crippen LogP contribution in [0.3, 0.4) is 0 Å². The number of aryl methyl sites for hydroxylation is 1. The number of fused-ring (bicyclic) bond motifs is 3. The summed E-state index contributed by atoms with van der Waals surface area (Å²) in [6.07, 6.45) is 1.08. The number of halogens is 2. The van der Waals surface area contributed by atoms with E-state index in [1.54, 1.807) is 0 Å². The van der Waals surface area contributed by atoms with Gasteiger partial charge in [0.15, 0.2) is 0 Å². The average Bonchev–Trinajstić information content (AvgIpc) is 3.10. The first-order chi connectivity index (χ1) is 9.36. The molecule has 0 fully saturated rings. The van der Waals surface area contributed by atoms with Crippen LogP contribution in [-0.4, -0.2) is 0 Å². The second kappa shape index (κ2) is 10.1. The molecule has 0 nitrogen and oxygen atoms in total. The first-order valence-electron chi connectivity index (χ1n) is 6.61. The van der Waals surface area contributed by atoms with Crippen LogP contribution in [0.15, 0.2) is 66.7 Å². The van der Waals surface area contributed by atoms with Gasteiger partial charge < -0.3 is 24.8 Å². The molecule has 3 heteroatoms. The van der Waals surface area contributed by atoms with Crippen LogP contribution in [0, 0.1) is 13.0 Å². The SMILES string of the molecule is Cc1[c-]ccc2c1Cc1ccccc1-2.[Cl-].[Cl-].[Zr+4].c1cc[cH-]c1. The van der Waals surface area contributed by atoms with E-state index >= 15 is 0 Å². The van der Waals surface area contributed by atoms with Crippen LogP contribution < -0.4 is 24.8 Å². The summed E-state index contributed by atoms with van der Waals surface area (Å²) in [7, 11) is 0. The monoisotopic (exact) mass is 404 g/mol. The van der Waals surface area contributed by atoms with Gasteiger partial charge in [-0.3, -0.25) is 0 Å². The fourth-order valence-corrected chi connectivity index (χ4v) is 2.57. The fourth-order valence-electron chi connectivity index (χ4n) is 2.57. The number of rotatable bonds is 0. The summed E-state index contributed by atoms with van der Waals surface area (Å²) in [5, 5.41) is 0. The molecule has 1 aliphatic rings. The molecule has 0 aromatic heterocycles. The molecule has 0 spiro atoms. The minimum Gasteiger partial charge on any atom is -1.00 e. The molecule has 22 heavy (non-hydrogen) atoms. The molecule has 0 saturated heterocycles. The van der Waals surface area contributed by atoms with Gasteiger partial charge in [-0.05, 0) is 17.5 Å². The van der Waals surface area contributed by atoms with Crippen molar-refractivity contribution in [2.75, 3.05) is 0 Å². The summed E-state index contributed by atoms with van der Waals surface area (Å²) in [6, 6.07) is 26.1. The van der Waals surface area contributed by atoms with E-state index < -0.39 is 0 Å². The van der Waals surface area contributed by atoms with E-state index in [1.165, 1.54) is 27.8 Å². The standard InChI is InChI=1S/C14H11.C5H5.2ClH.Zr/c1-10-5-4-8-13-12-7-3-2-6-11(12)9-14(10)13;1-2-4-5-3-1;;;/h2-4,6-8H,9H2,1H3;1-5H;2*1H;/q2*-1;;;+4/p-2. The van der Waals surface area contributed by atoms with Crippen molar-refractivity contribution in [3.05, 3.63) is 89.5 Å². The van der Waals surface area contributed by atoms with E-state index in [1.807, 2.05) is 36.4 Å². The third-order valence-corrected chi connectivity index (χ3v) is 3.56. The van der Waals surface area contributed by atoms with Crippen molar-refractivity contribution in [2.24, 2.45) is 0 Å². The maximum atomic E-state index is 3.27. The maximum Gasteiger partial charge on any atom is 4.00 e. The molecule has 0 heterocycles. The quantitative estimate of drug-likeness (QED) is 0.321. The van der Waals surface area contributed by atoms with Gasteiger partial charge in [0.1, 0.15) is 0 Å². The maximum absolute atomic E-state index is 3.27. The van der Waals surface area contributed by atoms with Crippen LogP contribution in [0.1, 0.15) is 16.7 Å². The normalized spacial score (nSPS) is 9.68. The topological polar surface area (TPSA) is 0 Å². The molecule has 0 saturated carbocycles. The average molecular weight is 406 g/mol. The van der Waals surface area contributed by atoms with Crippen molar-refractivity contribution in [3.8, 4) is 11.1 Å². The summed E-state index contributed by atoms with van der Waals surface area (Å²) in [5.74, 6) is 0. The third-order valence-electron chi connectivity index (χ3n) is 3.56. The van der Waals surface area contributed by atoms with Crippen molar-refractivity contribution in [3.63, 3.8) is 0 Å². The molecular formula is C19H16Cl2Zr. The van der Waals surface area contributed by atoms with E-state index in [4.69, 9.17) is 0 Å². The molecular weight excluding hydrogens is 390 g/mol. The van der Waals surface area contributed by atoms with E-state index in [-0.39, 0.29) is 51.0 Å². The molecule has 0 aliphatic heterocycles. The first kappa shape index (κ1) is 21.3. The summed E-state index contributed by atoms with van der Waals surface area (Å²) in [4.78, 5) is 0. The Morgan fingerprint density at radius 3 is 2.23 bits per heavy atom. The van der Waals surface area contributed by atoms with Crippen molar-refractivity contribution >= 4 is 0 Å². The van der Waals surface area contributed by atoms with Gasteiger partial charge in [0.05, 0.1) is 0 Å². The van der Waals surface area contributed by atoms with Crippen LogP contribution in [0.5, 0.6) is 0 Å². The molecule has 1 aliphatic carbocycles. The molecule has 110 valence electrons. The summed E-state index contributed by atoms with van der Waals surface area (Å²) in [6.45, 7) is 2.14. The van der Waals surface area contributed by atoms with E-state index in [9.17, 15) is 0 Å². The minimum absolute atomic E-state index is 0. The Bertz CT molecular complexity index is 658. The zero-order chi connectivity index (χ0) is 13.1. The molecule has 0 N–H and O–H groups in total. The first-order valence-corrected chi connectivity index (χ1v) is 6.61. The van der Waals surface area contributed by atoms with Crippen molar-refractivity contribution in [1.82, 2.24) is 0 Å². The number of benzene rings is 2. The minimum atomic E-state index is 0. The molecule has 0 atom stereocenters. The molecule has 0 bridgehead atoms. The van der Waals surface area contributed by atoms with Gasteiger partial charge in [0, 0.05) is 0 Å². The van der Waals surface area contributed by atoms with Gasteiger partial charge >= 0.3 is 26.2 Å². The fraction of sp³-hybridized carbons (Fsp3) is 0.105. The van der Waals surface area contributed by atoms with E-state index in [0.29, 0.717) is 0 Å². The zero-order valence-corrected chi connectivity index (χ0v) is 16.3. The smallest absolute Gasteiger partial charge is 1.00 e. The summed E-state index contributed by atoms with van der Waals surface area (Å²) < 4.78 is 0. The molecule has 0 amide bonds. The van der Waals surface area contributed by atoms with Crippen molar-refractivity contribution < 1.29 is 51.0 Å². The predicted molar refractivity (Wildman–Crippen MR) is 80.3 cm³/mol. The van der Waals surface area contributed by atoms with Gasteiger partial charge in [-0.15, -0.1) is 11.1 Å². The summed E-state index contributed by atoms with van der Waals surface area (Å²) in [5.41, 5.74) is 6.99. The van der Waals surface area contributed by atoms with Gasteiger partial charge in [-0.1, -0.05) is 31.2 Å². The van der Waals surface area contributed by atoms with Crippen LogP contribution in [0.4, 0.5) is 0 Å². The molecule has 3 aromatic rings. The molecule has 0 radical (unpaired) electrons. The van der Waals surface area contributed by atoms with Gasteiger partial charge in [0.2, 0.25) is 0 Å². The zero-order valence-electron chi connectivity index (χ0n) is 12.3. The van der Waals surface area contributed by atoms with Crippen molar-refractivity contribution in [1.29, 1.82) is 0 Å². The Balaban J connectivity index is 0.000000482. The molecule has 0 unspecified atom stereocenters. The molecule has 3 aromatic carbocycles. The van der Waals surface area contributed by atoms with Gasteiger partial charge in [-0.2, -0.15) is 42.0 Å². The number of hydrogen-bond acceptors (Lipinski definition) is 0. The van der Waals surface area contributed by atoms with Crippen LogP contribution in [0.25, 0.3) is 11.1 Å². The van der Waals surface area contributed by atoms with Crippen LogP contribution in [-0.2, 0) is 32.6 Å². The van der Waals surface area contributed by atoms with Gasteiger partial charge in [-0.25, -0.2) is 12.1 Å². The second-order valence-corrected chi connectivity index (χ2v) is 4.79. The number of hydrogen-bond donors (Lipinski definition) is 0. The third kappa shape index (κ3) is 4.62. The Morgan fingerprint density at radius 1 is 0.909 bits per heavy atom. The summed E-state index contributed by atoms with van der Waals surface area (Å²) >= 11 is 0. The van der Waals surface area contributed by atoms with Crippen LogP contribution >= 0.6 is 0 Å². The Kier molecular flexibility index (Phi) is 9.76.